The minimum Gasteiger partial charge on any atom is -0.0616 e. The molecule has 0 heteroatoms. The second kappa shape index (κ2) is 4.23. The van der Waals surface area contributed by atoms with E-state index in [4.69, 9.17) is 0 Å². The number of hydrogen-bond acceptors (Lipinski definition) is 0. The zero-order valence-corrected chi connectivity index (χ0v) is 13.4. The monoisotopic (exact) mass is 293 g/mol. The molecule has 0 unspecified atom stereocenters. The highest BCUT2D eigenvalue weighted by molar-refractivity contribution is 6.18. The summed E-state index contributed by atoms with van der Waals surface area (Å²) in [5.41, 5.74) is 5.63. The van der Waals surface area contributed by atoms with Crippen LogP contribution < -0.4 is 0 Å². The normalized spacial score (nSPS) is 14.9. The van der Waals surface area contributed by atoms with Crippen LogP contribution in [0.3, 0.4) is 0 Å². The minimum absolute atomic E-state index is 0.00601. The smallest absolute Gasteiger partial charge is 0.0165 e. The molecular weight excluding hydrogens is 276 g/mol. The molecule has 1 aliphatic rings. The van der Waals surface area contributed by atoms with E-state index in [2.05, 4.69) is 80.6 Å². The van der Waals surface area contributed by atoms with Gasteiger partial charge in [0.25, 0.3) is 0 Å². The van der Waals surface area contributed by atoms with Crippen LogP contribution in [0.5, 0.6) is 0 Å². The van der Waals surface area contributed by atoms with Crippen LogP contribution in [-0.4, -0.2) is 0 Å². The van der Waals surface area contributed by atoms with E-state index in [1.165, 1.54) is 43.8 Å². The summed E-state index contributed by atoms with van der Waals surface area (Å²) in [5.74, 6) is 0. The van der Waals surface area contributed by atoms with E-state index >= 15 is 0 Å². The molecule has 0 atom stereocenters. The van der Waals surface area contributed by atoms with E-state index in [1.807, 2.05) is 6.07 Å². The highest BCUT2D eigenvalue weighted by atomic mass is 14.4. The van der Waals surface area contributed by atoms with Crippen LogP contribution >= 0.6 is 0 Å². The first-order chi connectivity index (χ1) is 11.2. The third kappa shape index (κ3) is 1.51. The lowest BCUT2D eigenvalue weighted by Crippen LogP contribution is -2.15. The third-order valence-corrected chi connectivity index (χ3v) is 5.36. The highest BCUT2D eigenvalue weighted by Crippen LogP contribution is 2.54. The van der Waals surface area contributed by atoms with Gasteiger partial charge in [-0.25, -0.2) is 0 Å². The predicted octanol–water partition coefficient (Wildman–Crippen LogP) is 6.10. The number of hydrogen-bond donors (Lipinski definition) is 0. The quantitative estimate of drug-likeness (QED) is 0.344. The maximum absolute atomic E-state index is 3.28. The molecule has 0 nitrogen and oxygen atoms in total. The first kappa shape index (κ1) is 12.9. The van der Waals surface area contributed by atoms with Gasteiger partial charge in [0.15, 0.2) is 0 Å². The van der Waals surface area contributed by atoms with Gasteiger partial charge in [-0.05, 0) is 55.9 Å². The van der Waals surface area contributed by atoms with Crippen molar-refractivity contribution in [2.24, 2.45) is 0 Å². The second-order valence-electron chi connectivity index (χ2n) is 6.94. The van der Waals surface area contributed by atoms with E-state index in [-0.39, 0.29) is 5.41 Å². The average Bonchev–Trinajstić information content (AvgIpc) is 2.84. The Morgan fingerprint density at radius 3 is 2.09 bits per heavy atom. The second-order valence-corrected chi connectivity index (χ2v) is 6.94. The van der Waals surface area contributed by atoms with E-state index in [1.54, 1.807) is 0 Å². The van der Waals surface area contributed by atoms with Gasteiger partial charge in [-0.1, -0.05) is 74.5 Å². The van der Waals surface area contributed by atoms with Crippen molar-refractivity contribution < 1.29 is 0 Å². The molecule has 0 aliphatic heterocycles. The fourth-order valence-electron chi connectivity index (χ4n) is 4.37. The van der Waals surface area contributed by atoms with Crippen molar-refractivity contribution in [3.63, 3.8) is 0 Å². The summed E-state index contributed by atoms with van der Waals surface area (Å²) in [6, 6.07) is 27.3. The zero-order valence-electron chi connectivity index (χ0n) is 13.4. The van der Waals surface area contributed by atoms with Gasteiger partial charge in [0.05, 0.1) is 0 Å². The molecular formula is C23H17. The lowest BCUT2D eigenvalue weighted by Gasteiger charge is -2.23. The molecule has 0 saturated heterocycles. The molecule has 5 rings (SSSR count). The molecule has 0 bridgehead atoms. The van der Waals surface area contributed by atoms with E-state index in [0.717, 1.165) is 0 Å². The number of benzene rings is 4. The molecule has 0 aromatic heterocycles. The van der Waals surface area contributed by atoms with Crippen LogP contribution in [0.15, 0.2) is 66.7 Å². The standard InChI is InChI=1S/C23H17/c1-23(2)20-14-8-7-13-19(20)21-17-11-5-3-9-15(17)16-10-4-6-12-18(16)22(21)23/h3-7,9-14H,1-2H3. The Labute approximate surface area is 136 Å². The minimum atomic E-state index is 0.00601. The molecule has 4 aromatic carbocycles. The molecule has 1 radical (unpaired) electrons. The van der Waals surface area contributed by atoms with Crippen molar-refractivity contribution in [2.75, 3.05) is 0 Å². The largest absolute Gasteiger partial charge is 0.0616 e. The van der Waals surface area contributed by atoms with E-state index < -0.39 is 0 Å². The molecule has 1 aliphatic carbocycles. The molecule has 0 fully saturated rings. The van der Waals surface area contributed by atoms with Crippen molar-refractivity contribution in [2.45, 2.75) is 19.3 Å². The van der Waals surface area contributed by atoms with E-state index in [9.17, 15) is 0 Å². The Hall–Kier alpha value is -2.60. The summed E-state index contributed by atoms with van der Waals surface area (Å²) >= 11 is 0. The molecule has 0 saturated carbocycles. The van der Waals surface area contributed by atoms with Crippen LogP contribution in [0.2, 0.25) is 0 Å². The van der Waals surface area contributed by atoms with Crippen molar-refractivity contribution in [1.29, 1.82) is 0 Å². The predicted molar refractivity (Wildman–Crippen MR) is 97.9 cm³/mol. The van der Waals surface area contributed by atoms with Crippen LogP contribution in [0.4, 0.5) is 0 Å². The first-order valence-corrected chi connectivity index (χ1v) is 8.14. The molecule has 0 spiro atoms. The summed E-state index contributed by atoms with van der Waals surface area (Å²) in [7, 11) is 0. The van der Waals surface area contributed by atoms with Gasteiger partial charge in [0, 0.05) is 5.41 Å². The molecule has 23 heavy (non-hydrogen) atoms. The van der Waals surface area contributed by atoms with Crippen molar-refractivity contribution in [3.8, 4) is 11.1 Å². The van der Waals surface area contributed by atoms with Crippen molar-refractivity contribution >= 4 is 21.5 Å². The summed E-state index contributed by atoms with van der Waals surface area (Å²) < 4.78 is 0. The summed E-state index contributed by atoms with van der Waals surface area (Å²) in [6.07, 6.45) is 0. The third-order valence-electron chi connectivity index (χ3n) is 5.36. The van der Waals surface area contributed by atoms with Crippen molar-refractivity contribution in [1.82, 2.24) is 0 Å². The summed E-state index contributed by atoms with van der Waals surface area (Å²) in [6.45, 7) is 4.68. The Balaban J connectivity index is 2.13. The van der Waals surface area contributed by atoms with Gasteiger partial charge in [-0.15, -0.1) is 0 Å². The average molecular weight is 293 g/mol. The van der Waals surface area contributed by atoms with Crippen LogP contribution in [0, 0.1) is 6.07 Å². The lowest BCUT2D eigenvalue weighted by atomic mass is 9.79. The SMILES string of the molecule is CC1(C)c2c[c]ccc2-c2c1c1ccccc1c1ccccc21. The van der Waals surface area contributed by atoms with Crippen LogP contribution in [0.25, 0.3) is 32.7 Å². The number of fused-ring (bicyclic) bond motifs is 8. The topological polar surface area (TPSA) is 0 Å². The Kier molecular flexibility index (Phi) is 2.37. The van der Waals surface area contributed by atoms with Gasteiger partial charge in [-0.3, -0.25) is 0 Å². The number of rotatable bonds is 0. The molecule has 0 amide bonds. The fraction of sp³-hybridized carbons (Fsp3) is 0.130. The van der Waals surface area contributed by atoms with Crippen LogP contribution in [-0.2, 0) is 5.41 Å². The van der Waals surface area contributed by atoms with Gasteiger partial charge in [-0.2, -0.15) is 0 Å². The lowest BCUT2D eigenvalue weighted by molar-refractivity contribution is 0.666. The van der Waals surface area contributed by atoms with Gasteiger partial charge < -0.3 is 0 Å². The Morgan fingerprint density at radius 1 is 0.739 bits per heavy atom. The maximum atomic E-state index is 3.28. The molecule has 0 N–H and O–H groups in total. The zero-order chi connectivity index (χ0) is 15.6. The van der Waals surface area contributed by atoms with Gasteiger partial charge >= 0.3 is 0 Å². The summed E-state index contributed by atoms with van der Waals surface area (Å²) in [4.78, 5) is 0. The highest BCUT2D eigenvalue weighted by Gasteiger charge is 2.37. The Bertz CT molecular complexity index is 1080. The summed E-state index contributed by atoms with van der Waals surface area (Å²) in [5, 5.41) is 5.44. The molecule has 4 aromatic rings. The molecule has 0 heterocycles. The fourth-order valence-corrected chi connectivity index (χ4v) is 4.37. The maximum Gasteiger partial charge on any atom is 0.0165 e. The molecule has 109 valence electrons. The van der Waals surface area contributed by atoms with Gasteiger partial charge in [0.1, 0.15) is 0 Å². The Morgan fingerprint density at radius 2 is 1.35 bits per heavy atom. The van der Waals surface area contributed by atoms with E-state index in [0.29, 0.717) is 0 Å². The van der Waals surface area contributed by atoms with Gasteiger partial charge in [0.2, 0.25) is 0 Å². The first-order valence-electron chi connectivity index (χ1n) is 8.14. The van der Waals surface area contributed by atoms with Crippen LogP contribution in [0.1, 0.15) is 25.0 Å². The van der Waals surface area contributed by atoms with Crippen molar-refractivity contribution in [3.05, 3.63) is 83.9 Å².